The lowest BCUT2D eigenvalue weighted by Crippen LogP contribution is -2.41. The first-order valence-electron chi connectivity index (χ1n) is 7.78. The van der Waals surface area contributed by atoms with Gasteiger partial charge in [0.05, 0.1) is 30.8 Å². The number of benzene rings is 2. The lowest BCUT2D eigenvalue weighted by molar-refractivity contribution is -0.117. The minimum Gasteiger partial charge on any atom is -0.340 e. The summed E-state index contributed by atoms with van der Waals surface area (Å²) in [6.07, 6.45) is 0. The lowest BCUT2D eigenvalue weighted by Gasteiger charge is -2.15. The van der Waals surface area contributed by atoms with Crippen LogP contribution in [0.3, 0.4) is 0 Å². The van der Waals surface area contributed by atoms with Crippen molar-refractivity contribution >= 4 is 62.3 Å². The van der Waals surface area contributed by atoms with Gasteiger partial charge in [-0.1, -0.05) is 29.3 Å². The number of amides is 2. The summed E-state index contributed by atoms with van der Waals surface area (Å²) in [5.74, 6) is -0.800. The van der Waals surface area contributed by atoms with Gasteiger partial charge in [-0.25, -0.2) is 4.98 Å². The number of nitrogens with zero attached hydrogens (tertiary/aromatic N) is 1. The van der Waals surface area contributed by atoms with Crippen LogP contribution in [0.4, 0.5) is 5.69 Å². The molecule has 1 heterocycles. The van der Waals surface area contributed by atoms with Gasteiger partial charge in [0.25, 0.3) is 5.91 Å². The fourth-order valence-corrected chi connectivity index (χ4v) is 3.64. The zero-order valence-electron chi connectivity index (χ0n) is 14.0. The molecule has 8 heteroatoms. The summed E-state index contributed by atoms with van der Waals surface area (Å²) in [6.45, 7) is 3.53. The monoisotopic (exact) mass is 407 g/mol. The van der Waals surface area contributed by atoms with Gasteiger partial charge in [-0.05, 0) is 44.2 Å². The number of carbonyl (C=O) groups is 2. The van der Waals surface area contributed by atoms with Crippen LogP contribution in [0, 0.1) is 6.92 Å². The average Bonchev–Trinajstić information content (AvgIpc) is 2.96. The molecule has 0 aliphatic carbocycles. The molecule has 134 valence electrons. The molecule has 1 atom stereocenters. The number of fused-ring (bicyclic) bond motifs is 1. The predicted octanol–water partition coefficient (Wildman–Crippen LogP) is 4.67. The van der Waals surface area contributed by atoms with E-state index in [1.807, 2.05) is 19.1 Å². The number of hydrogen-bond donors (Lipinski definition) is 2. The highest BCUT2D eigenvalue weighted by Gasteiger charge is 2.19. The van der Waals surface area contributed by atoms with Crippen LogP contribution in [0.2, 0.25) is 10.0 Å². The maximum absolute atomic E-state index is 12.4. The Morgan fingerprint density at radius 2 is 1.96 bits per heavy atom. The molecule has 3 rings (SSSR count). The second-order valence-electron chi connectivity index (χ2n) is 5.70. The molecule has 2 aromatic carbocycles. The Morgan fingerprint density at radius 3 is 2.73 bits per heavy atom. The number of anilines is 1. The highest BCUT2D eigenvalue weighted by Crippen LogP contribution is 2.26. The Morgan fingerprint density at radius 1 is 1.19 bits per heavy atom. The third-order valence-electron chi connectivity index (χ3n) is 3.70. The van der Waals surface area contributed by atoms with Gasteiger partial charge in [-0.2, -0.15) is 0 Å². The van der Waals surface area contributed by atoms with Crippen LogP contribution in [0.5, 0.6) is 0 Å². The Kier molecular flexibility index (Phi) is 5.46. The summed E-state index contributed by atoms with van der Waals surface area (Å²) >= 11 is 13.5. The van der Waals surface area contributed by atoms with Crippen LogP contribution in [0.15, 0.2) is 36.4 Å². The highest BCUT2D eigenvalue weighted by molar-refractivity contribution is 7.18. The lowest BCUT2D eigenvalue weighted by atomic mass is 10.2. The van der Waals surface area contributed by atoms with Gasteiger partial charge in [0, 0.05) is 5.69 Å². The second kappa shape index (κ2) is 7.61. The molecular weight excluding hydrogens is 393 g/mol. The Balaban J connectivity index is 1.68. The summed E-state index contributed by atoms with van der Waals surface area (Å²) < 4.78 is 0.989. The summed E-state index contributed by atoms with van der Waals surface area (Å²) in [5.41, 5.74) is 1.76. The molecule has 2 N–H and O–H groups in total. The van der Waals surface area contributed by atoms with Crippen LogP contribution in [0.25, 0.3) is 10.2 Å². The normalized spacial score (nSPS) is 12.0. The van der Waals surface area contributed by atoms with Crippen molar-refractivity contribution in [3.63, 3.8) is 0 Å². The quantitative estimate of drug-likeness (QED) is 0.659. The van der Waals surface area contributed by atoms with Crippen LogP contribution in [-0.2, 0) is 4.79 Å². The number of nitrogens with one attached hydrogen (secondary N) is 2. The van der Waals surface area contributed by atoms with Crippen LogP contribution in [-0.4, -0.2) is 22.8 Å². The molecule has 0 spiro atoms. The van der Waals surface area contributed by atoms with Gasteiger partial charge in [0.2, 0.25) is 5.91 Å². The minimum absolute atomic E-state index is 0.158. The minimum atomic E-state index is -0.753. The molecule has 0 saturated carbocycles. The number of halogens is 2. The molecule has 0 fully saturated rings. The van der Waals surface area contributed by atoms with E-state index in [0.29, 0.717) is 5.69 Å². The fraction of sp³-hybridized carbons (Fsp3) is 0.167. The first kappa shape index (κ1) is 18.6. The summed E-state index contributed by atoms with van der Waals surface area (Å²) in [4.78, 5) is 29.1. The van der Waals surface area contributed by atoms with Crippen molar-refractivity contribution < 1.29 is 9.59 Å². The molecule has 0 bridgehead atoms. The van der Waals surface area contributed by atoms with E-state index in [1.54, 1.807) is 42.5 Å². The van der Waals surface area contributed by atoms with E-state index in [9.17, 15) is 9.59 Å². The van der Waals surface area contributed by atoms with Gasteiger partial charge in [0.1, 0.15) is 6.04 Å². The van der Waals surface area contributed by atoms with E-state index in [4.69, 9.17) is 23.2 Å². The first-order chi connectivity index (χ1) is 12.3. The maximum atomic E-state index is 12.4. The fourth-order valence-electron chi connectivity index (χ4n) is 2.39. The van der Waals surface area contributed by atoms with Crippen molar-refractivity contribution in [3.05, 3.63) is 57.0 Å². The molecule has 0 aliphatic rings. The molecule has 0 radical (unpaired) electrons. The van der Waals surface area contributed by atoms with E-state index in [2.05, 4.69) is 15.6 Å². The van der Waals surface area contributed by atoms with Crippen LogP contribution >= 0.6 is 34.5 Å². The SMILES string of the molecule is Cc1nc2ccc(NC(=O)C(C)NC(=O)c3cccc(Cl)c3Cl)cc2s1. The smallest absolute Gasteiger partial charge is 0.253 e. The van der Waals surface area contributed by atoms with E-state index in [1.165, 1.54) is 0 Å². The second-order valence-corrected chi connectivity index (χ2v) is 7.72. The molecule has 3 aromatic rings. The first-order valence-corrected chi connectivity index (χ1v) is 9.35. The van der Waals surface area contributed by atoms with Crippen LogP contribution in [0.1, 0.15) is 22.3 Å². The topological polar surface area (TPSA) is 71.1 Å². The van der Waals surface area contributed by atoms with E-state index in [0.717, 1.165) is 15.2 Å². The van der Waals surface area contributed by atoms with Crippen LogP contribution < -0.4 is 10.6 Å². The standard InChI is InChI=1S/C18H15Cl2N3O2S/c1-9(21-18(25)12-4-3-5-13(19)16(12)20)17(24)23-11-6-7-14-15(8-11)26-10(2)22-14/h3-9H,1-2H3,(H,21,25)(H,23,24). The summed E-state index contributed by atoms with van der Waals surface area (Å²) in [6, 6.07) is 9.50. The average molecular weight is 408 g/mol. The number of hydrogen-bond acceptors (Lipinski definition) is 4. The van der Waals surface area contributed by atoms with E-state index in [-0.39, 0.29) is 21.5 Å². The number of rotatable bonds is 4. The molecule has 1 aromatic heterocycles. The van der Waals surface area contributed by atoms with Crippen molar-refractivity contribution in [1.29, 1.82) is 0 Å². The van der Waals surface area contributed by atoms with Gasteiger partial charge < -0.3 is 10.6 Å². The summed E-state index contributed by atoms with van der Waals surface area (Å²) in [7, 11) is 0. The molecular formula is C18H15Cl2N3O2S. The number of aryl methyl sites for hydroxylation is 1. The summed E-state index contributed by atoms with van der Waals surface area (Å²) in [5, 5.41) is 6.81. The Bertz CT molecular complexity index is 1000. The number of aromatic nitrogens is 1. The molecule has 1 unspecified atom stereocenters. The molecule has 26 heavy (non-hydrogen) atoms. The zero-order valence-corrected chi connectivity index (χ0v) is 16.3. The molecule has 2 amide bonds. The molecule has 5 nitrogen and oxygen atoms in total. The number of thiazole rings is 1. The predicted molar refractivity (Wildman–Crippen MR) is 106 cm³/mol. The highest BCUT2D eigenvalue weighted by atomic mass is 35.5. The van der Waals surface area contributed by atoms with Crippen molar-refractivity contribution in [1.82, 2.24) is 10.3 Å². The maximum Gasteiger partial charge on any atom is 0.253 e. The van der Waals surface area contributed by atoms with Crippen molar-refractivity contribution in [3.8, 4) is 0 Å². The van der Waals surface area contributed by atoms with Gasteiger partial charge in [-0.3, -0.25) is 9.59 Å². The van der Waals surface area contributed by atoms with Crippen molar-refractivity contribution in [2.24, 2.45) is 0 Å². The van der Waals surface area contributed by atoms with Crippen molar-refractivity contribution in [2.45, 2.75) is 19.9 Å². The third-order valence-corrected chi connectivity index (χ3v) is 5.45. The zero-order chi connectivity index (χ0) is 18.8. The molecule has 0 saturated heterocycles. The van der Waals surface area contributed by atoms with Crippen molar-refractivity contribution in [2.75, 3.05) is 5.32 Å². The van der Waals surface area contributed by atoms with Gasteiger partial charge in [0.15, 0.2) is 0 Å². The Hall–Kier alpha value is -2.15. The largest absolute Gasteiger partial charge is 0.340 e. The van der Waals surface area contributed by atoms with E-state index >= 15 is 0 Å². The number of carbonyl (C=O) groups excluding carboxylic acids is 2. The van der Waals surface area contributed by atoms with Gasteiger partial charge >= 0.3 is 0 Å². The Labute approximate surface area is 164 Å². The molecule has 0 aliphatic heterocycles. The third kappa shape index (κ3) is 3.98. The van der Waals surface area contributed by atoms with Gasteiger partial charge in [-0.15, -0.1) is 11.3 Å². The van der Waals surface area contributed by atoms with E-state index < -0.39 is 11.9 Å².